The zero-order valence-electron chi connectivity index (χ0n) is 7.51. The van der Waals surface area contributed by atoms with Crippen LogP contribution in [0.1, 0.15) is 17.2 Å². The fourth-order valence-corrected chi connectivity index (χ4v) is 1.86. The SMILES string of the molecule is C#CC(C/C=C/C(=O)O)c1cccs1. The normalized spacial score (nSPS) is 12.5. The molecule has 3 heteroatoms. The van der Waals surface area contributed by atoms with E-state index >= 15 is 0 Å². The highest BCUT2D eigenvalue weighted by Gasteiger charge is 2.06. The van der Waals surface area contributed by atoms with Gasteiger partial charge in [-0.3, -0.25) is 0 Å². The molecule has 1 unspecified atom stereocenters. The maximum absolute atomic E-state index is 10.2. The Morgan fingerprint density at radius 2 is 2.57 bits per heavy atom. The molecule has 0 radical (unpaired) electrons. The lowest BCUT2D eigenvalue weighted by Crippen LogP contribution is -1.92. The van der Waals surface area contributed by atoms with Crippen molar-refractivity contribution in [3.05, 3.63) is 34.5 Å². The van der Waals surface area contributed by atoms with Crippen molar-refractivity contribution in [2.45, 2.75) is 12.3 Å². The van der Waals surface area contributed by atoms with Crippen LogP contribution in [0.25, 0.3) is 0 Å². The maximum atomic E-state index is 10.2. The summed E-state index contributed by atoms with van der Waals surface area (Å²) in [4.78, 5) is 11.3. The minimum absolute atomic E-state index is 0.00870. The molecule has 0 saturated carbocycles. The summed E-state index contributed by atoms with van der Waals surface area (Å²) in [5.74, 6) is 1.70. The number of terminal acetylenes is 1. The van der Waals surface area contributed by atoms with Gasteiger partial charge in [0.05, 0.1) is 5.92 Å². The van der Waals surface area contributed by atoms with Crippen molar-refractivity contribution >= 4 is 17.3 Å². The Labute approximate surface area is 86.9 Å². The van der Waals surface area contributed by atoms with E-state index in [1.165, 1.54) is 0 Å². The van der Waals surface area contributed by atoms with Crippen molar-refractivity contribution in [2.75, 3.05) is 0 Å². The third-order valence-electron chi connectivity index (χ3n) is 1.72. The molecule has 14 heavy (non-hydrogen) atoms. The largest absolute Gasteiger partial charge is 0.478 e. The number of rotatable bonds is 4. The first-order valence-corrected chi connectivity index (χ1v) is 5.01. The highest BCUT2D eigenvalue weighted by molar-refractivity contribution is 7.10. The van der Waals surface area contributed by atoms with Gasteiger partial charge in [-0.15, -0.1) is 17.8 Å². The van der Waals surface area contributed by atoms with E-state index in [9.17, 15) is 4.79 Å². The van der Waals surface area contributed by atoms with Gasteiger partial charge >= 0.3 is 5.97 Å². The summed E-state index contributed by atoms with van der Waals surface area (Å²) >= 11 is 1.59. The van der Waals surface area contributed by atoms with Crippen molar-refractivity contribution in [1.82, 2.24) is 0 Å². The number of allylic oxidation sites excluding steroid dienone is 1. The standard InChI is InChI=1S/C11H10O2S/c1-2-9(5-3-7-11(12)13)10-6-4-8-14-10/h1,3-4,6-9H,5H2,(H,12,13)/b7-3+. The molecule has 0 saturated heterocycles. The Morgan fingerprint density at radius 3 is 3.07 bits per heavy atom. The molecule has 1 atom stereocenters. The minimum atomic E-state index is -0.938. The first kappa shape index (κ1) is 10.6. The molecule has 2 nitrogen and oxygen atoms in total. The summed E-state index contributed by atoms with van der Waals surface area (Å²) in [5, 5.41) is 10.4. The topological polar surface area (TPSA) is 37.3 Å². The van der Waals surface area contributed by atoms with Gasteiger partial charge in [-0.05, 0) is 17.9 Å². The Morgan fingerprint density at radius 1 is 1.79 bits per heavy atom. The van der Waals surface area contributed by atoms with Crippen molar-refractivity contribution in [3.63, 3.8) is 0 Å². The lowest BCUT2D eigenvalue weighted by atomic mass is 10.0. The summed E-state index contributed by atoms with van der Waals surface area (Å²) in [6.07, 6.45) is 8.64. The summed E-state index contributed by atoms with van der Waals surface area (Å²) in [5.41, 5.74) is 0. The van der Waals surface area contributed by atoms with Gasteiger partial charge in [-0.2, -0.15) is 0 Å². The van der Waals surface area contributed by atoms with Crippen molar-refractivity contribution in [1.29, 1.82) is 0 Å². The Hall–Kier alpha value is -1.53. The van der Waals surface area contributed by atoms with Crippen LogP contribution in [0.15, 0.2) is 29.7 Å². The van der Waals surface area contributed by atoms with Crippen LogP contribution in [0.3, 0.4) is 0 Å². The van der Waals surface area contributed by atoms with E-state index in [0.29, 0.717) is 6.42 Å². The fraction of sp³-hybridized carbons (Fsp3) is 0.182. The van der Waals surface area contributed by atoms with Gasteiger partial charge in [0.1, 0.15) is 0 Å². The predicted octanol–water partition coefficient (Wildman–Crippen LogP) is 2.50. The van der Waals surface area contributed by atoms with Gasteiger partial charge in [0.25, 0.3) is 0 Å². The lowest BCUT2D eigenvalue weighted by molar-refractivity contribution is -0.131. The van der Waals surface area contributed by atoms with E-state index in [4.69, 9.17) is 11.5 Å². The molecule has 0 amide bonds. The van der Waals surface area contributed by atoms with E-state index in [1.54, 1.807) is 17.4 Å². The number of hydrogen-bond acceptors (Lipinski definition) is 2. The predicted molar refractivity (Wildman–Crippen MR) is 57.3 cm³/mol. The van der Waals surface area contributed by atoms with Crippen LogP contribution < -0.4 is 0 Å². The van der Waals surface area contributed by atoms with Crippen LogP contribution in [-0.2, 0) is 4.79 Å². The van der Waals surface area contributed by atoms with Crippen LogP contribution >= 0.6 is 11.3 Å². The first-order chi connectivity index (χ1) is 6.74. The van der Waals surface area contributed by atoms with Gasteiger partial charge in [0.2, 0.25) is 0 Å². The monoisotopic (exact) mass is 206 g/mol. The van der Waals surface area contributed by atoms with Gasteiger partial charge < -0.3 is 5.11 Å². The summed E-state index contributed by atoms with van der Waals surface area (Å²) in [6.45, 7) is 0. The van der Waals surface area contributed by atoms with Crippen molar-refractivity contribution in [3.8, 4) is 12.3 Å². The fourth-order valence-electron chi connectivity index (χ4n) is 1.06. The molecule has 1 N–H and O–H groups in total. The van der Waals surface area contributed by atoms with Gasteiger partial charge in [-0.1, -0.05) is 18.1 Å². The third kappa shape index (κ3) is 3.08. The van der Waals surface area contributed by atoms with Crippen molar-refractivity contribution in [2.24, 2.45) is 0 Å². The lowest BCUT2D eigenvalue weighted by Gasteiger charge is -2.03. The molecule has 1 rings (SSSR count). The van der Waals surface area contributed by atoms with E-state index in [0.717, 1.165) is 11.0 Å². The van der Waals surface area contributed by atoms with E-state index < -0.39 is 5.97 Å². The van der Waals surface area contributed by atoms with Crippen LogP contribution in [-0.4, -0.2) is 11.1 Å². The molecular weight excluding hydrogens is 196 g/mol. The van der Waals surface area contributed by atoms with Crippen LogP contribution in [0.5, 0.6) is 0 Å². The second-order valence-electron chi connectivity index (χ2n) is 2.71. The maximum Gasteiger partial charge on any atom is 0.327 e. The number of aliphatic carboxylic acids is 1. The average Bonchev–Trinajstić information content (AvgIpc) is 2.64. The minimum Gasteiger partial charge on any atom is -0.478 e. The molecule has 72 valence electrons. The second kappa shape index (κ2) is 5.25. The molecule has 0 spiro atoms. The number of thiophene rings is 1. The molecular formula is C11H10O2S. The van der Waals surface area contributed by atoms with Crippen LogP contribution in [0.2, 0.25) is 0 Å². The number of carboxylic acid groups (broad SMARTS) is 1. The average molecular weight is 206 g/mol. The second-order valence-corrected chi connectivity index (χ2v) is 3.69. The molecule has 0 fully saturated rings. The molecule has 0 aliphatic carbocycles. The highest BCUT2D eigenvalue weighted by Crippen LogP contribution is 2.23. The van der Waals surface area contributed by atoms with E-state index in [-0.39, 0.29) is 5.92 Å². The Bertz CT molecular complexity index is 357. The zero-order chi connectivity index (χ0) is 10.4. The molecule has 1 heterocycles. The smallest absolute Gasteiger partial charge is 0.327 e. The van der Waals surface area contributed by atoms with Gasteiger partial charge in [0.15, 0.2) is 0 Å². The molecule has 1 aromatic heterocycles. The molecule has 0 bridgehead atoms. The number of carbonyl (C=O) groups is 1. The summed E-state index contributed by atoms with van der Waals surface area (Å²) < 4.78 is 0. The van der Waals surface area contributed by atoms with E-state index in [1.807, 2.05) is 17.5 Å². The third-order valence-corrected chi connectivity index (χ3v) is 2.71. The summed E-state index contributed by atoms with van der Waals surface area (Å²) in [6, 6.07) is 3.90. The molecule has 0 aliphatic heterocycles. The number of carboxylic acids is 1. The zero-order valence-corrected chi connectivity index (χ0v) is 8.33. The van der Waals surface area contributed by atoms with Gasteiger partial charge in [0, 0.05) is 11.0 Å². The first-order valence-electron chi connectivity index (χ1n) is 4.13. The summed E-state index contributed by atoms with van der Waals surface area (Å²) in [7, 11) is 0. The molecule has 1 aromatic rings. The van der Waals surface area contributed by atoms with Crippen LogP contribution in [0.4, 0.5) is 0 Å². The highest BCUT2D eigenvalue weighted by atomic mass is 32.1. The quantitative estimate of drug-likeness (QED) is 0.607. The van der Waals surface area contributed by atoms with E-state index in [2.05, 4.69) is 5.92 Å². The molecule has 0 aromatic carbocycles. The Kier molecular flexibility index (Phi) is 3.96. The van der Waals surface area contributed by atoms with Gasteiger partial charge in [-0.25, -0.2) is 4.79 Å². The van der Waals surface area contributed by atoms with Crippen LogP contribution in [0, 0.1) is 12.3 Å². The Balaban J connectivity index is 2.58. The number of hydrogen-bond donors (Lipinski definition) is 1. The van der Waals surface area contributed by atoms with Crippen molar-refractivity contribution < 1.29 is 9.90 Å². The molecule has 0 aliphatic rings.